The lowest BCUT2D eigenvalue weighted by Gasteiger charge is -2.30. The highest BCUT2D eigenvalue weighted by Crippen LogP contribution is 2.28. The summed E-state index contributed by atoms with van der Waals surface area (Å²) in [7, 11) is 1.44. The lowest BCUT2D eigenvalue weighted by Crippen LogP contribution is -2.33. The Bertz CT molecular complexity index is 1090. The highest BCUT2D eigenvalue weighted by molar-refractivity contribution is 7.89. The summed E-state index contributed by atoms with van der Waals surface area (Å²) in [6, 6.07) is 13.4. The molecule has 34 heavy (non-hydrogen) atoms. The van der Waals surface area contributed by atoms with Crippen LogP contribution in [0, 0.1) is 0 Å². The summed E-state index contributed by atoms with van der Waals surface area (Å²) in [5, 5.41) is 3.05. The molecule has 0 atom stereocenters. The molecule has 8 heteroatoms. The molecule has 1 aliphatic heterocycles. The Labute approximate surface area is 204 Å². The van der Waals surface area contributed by atoms with Crippen LogP contribution in [0.25, 0.3) is 0 Å². The number of carbonyl (C=O) groups is 1. The second kappa shape index (κ2) is 11.3. The van der Waals surface area contributed by atoms with Crippen LogP contribution in [0.3, 0.4) is 0 Å². The average molecular weight is 487 g/mol. The lowest BCUT2D eigenvalue weighted by molar-refractivity contribution is 0.0951. The standard InChI is InChI=1S/C26H38N4O3S/c1-20(2)29(5)19-22-12-8-7-11-21(22)18-27-26(31)24-17-23(34(32,33)28(3)4)13-14-25(24)30-15-9-6-10-16-30/h7-8,11-14,17,20H,6,9-10,15-16,18-19H2,1-5H3,(H,27,31). The summed E-state index contributed by atoms with van der Waals surface area (Å²) in [6.07, 6.45) is 3.30. The normalized spacial score (nSPS) is 14.8. The van der Waals surface area contributed by atoms with Crippen molar-refractivity contribution in [3.63, 3.8) is 0 Å². The van der Waals surface area contributed by atoms with Gasteiger partial charge in [0.15, 0.2) is 0 Å². The summed E-state index contributed by atoms with van der Waals surface area (Å²) in [6.45, 7) is 7.21. The minimum atomic E-state index is -3.65. The average Bonchev–Trinajstić information content (AvgIpc) is 2.83. The molecule has 0 saturated carbocycles. The Morgan fingerprint density at radius 2 is 1.65 bits per heavy atom. The van der Waals surface area contributed by atoms with E-state index >= 15 is 0 Å². The Morgan fingerprint density at radius 1 is 1.00 bits per heavy atom. The molecule has 0 aliphatic carbocycles. The highest BCUT2D eigenvalue weighted by atomic mass is 32.2. The summed E-state index contributed by atoms with van der Waals surface area (Å²) in [5.41, 5.74) is 3.42. The SMILES string of the molecule is CC(C)N(C)Cc1ccccc1CNC(=O)c1cc(S(=O)(=O)N(C)C)ccc1N1CCCCC1. The number of hydrogen-bond acceptors (Lipinski definition) is 5. The van der Waals surface area contributed by atoms with Crippen molar-refractivity contribution >= 4 is 21.6 Å². The molecule has 2 aromatic carbocycles. The molecule has 0 aromatic heterocycles. The maximum Gasteiger partial charge on any atom is 0.253 e. The van der Waals surface area contributed by atoms with Crippen molar-refractivity contribution in [3.8, 4) is 0 Å². The van der Waals surface area contributed by atoms with Gasteiger partial charge in [0, 0.05) is 52.0 Å². The van der Waals surface area contributed by atoms with Gasteiger partial charge in [-0.15, -0.1) is 0 Å². The van der Waals surface area contributed by atoms with Gasteiger partial charge in [0.2, 0.25) is 10.0 Å². The molecule has 1 N–H and O–H groups in total. The molecule has 2 aromatic rings. The van der Waals surface area contributed by atoms with Crippen LogP contribution in [-0.4, -0.2) is 63.8 Å². The van der Waals surface area contributed by atoms with E-state index in [9.17, 15) is 13.2 Å². The number of piperidine rings is 1. The van der Waals surface area contributed by atoms with E-state index in [0.717, 1.165) is 43.7 Å². The van der Waals surface area contributed by atoms with Crippen LogP contribution in [-0.2, 0) is 23.1 Å². The molecule has 0 bridgehead atoms. The summed E-state index contributed by atoms with van der Waals surface area (Å²) in [5.74, 6) is -0.261. The summed E-state index contributed by atoms with van der Waals surface area (Å²) < 4.78 is 26.7. The number of hydrogen-bond donors (Lipinski definition) is 1. The van der Waals surface area contributed by atoms with Crippen molar-refractivity contribution in [3.05, 3.63) is 59.2 Å². The lowest BCUT2D eigenvalue weighted by atomic mass is 10.0. The molecule has 1 amide bonds. The topological polar surface area (TPSA) is 73.0 Å². The fourth-order valence-corrected chi connectivity index (χ4v) is 5.01. The van der Waals surface area contributed by atoms with Gasteiger partial charge >= 0.3 is 0 Å². The van der Waals surface area contributed by atoms with E-state index in [-0.39, 0.29) is 10.8 Å². The molecular formula is C26H38N4O3S. The molecule has 1 aliphatic rings. The van der Waals surface area contributed by atoms with Gasteiger partial charge in [0.1, 0.15) is 0 Å². The van der Waals surface area contributed by atoms with Crippen molar-refractivity contribution < 1.29 is 13.2 Å². The van der Waals surface area contributed by atoms with E-state index in [4.69, 9.17) is 0 Å². The van der Waals surface area contributed by atoms with Crippen LogP contribution in [0.4, 0.5) is 5.69 Å². The smallest absolute Gasteiger partial charge is 0.253 e. The van der Waals surface area contributed by atoms with Crippen molar-refractivity contribution in [1.82, 2.24) is 14.5 Å². The van der Waals surface area contributed by atoms with Gasteiger partial charge in [-0.25, -0.2) is 12.7 Å². The third-order valence-corrected chi connectivity index (χ3v) is 8.36. The van der Waals surface area contributed by atoms with Crippen LogP contribution in [0.2, 0.25) is 0 Å². The molecule has 1 saturated heterocycles. The molecule has 1 fully saturated rings. The number of anilines is 1. The van der Waals surface area contributed by atoms with Crippen LogP contribution < -0.4 is 10.2 Å². The maximum atomic E-state index is 13.4. The van der Waals surface area contributed by atoms with Crippen LogP contribution >= 0.6 is 0 Å². The van der Waals surface area contributed by atoms with Crippen molar-refractivity contribution in [1.29, 1.82) is 0 Å². The minimum Gasteiger partial charge on any atom is -0.371 e. The van der Waals surface area contributed by atoms with Crippen LogP contribution in [0.5, 0.6) is 0 Å². The molecule has 0 spiro atoms. The Hall–Kier alpha value is -2.42. The number of amides is 1. The molecule has 0 unspecified atom stereocenters. The van der Waals surface area contributed by atoms with E-state index in [1.54, 1.807) is 12.1 Å². The van der Waals surface area contributed by atoms with Gasteiger partial charge in [0.05, 0.1) is 10.5 Å². The number of benzene rings is 2. The van der Waals surface area contributed by atoms with Crippen molar-refractivity contribution in [2.24, 2.45) is 0 Å². The fourth-order valence-electron chi connectivity index (χ4n) is 4.09. The molecular weight excluding hydrogens is 448 g/mol. The van der Waals surface area contributed by atoms with Crippen LogP contribution in [0.1, 0.15) is 54.6 Å². The predicted octanol–water partition coefficient (Wildman–Crippen LogP) is 3.70. The highest BCUT2D eigenvalue weighted by Gasteiger charge is 2.24. The zero-order chi connectivity index (χ0) is 24.9. The summed E-state index contributed by atoms with van der Waals surface area (Å²) >= 11 is 0. The number of rotatable bonds is 9. The first-order chi connectivity index (χ1) is 16.1. The van der Waals surface area contributed by atoms with E-state index in [1.807, 2.05) is 18.2 Å². The zero-order valence-corrected chi connectivity index (χ0v) is 21.9. The first-order valence-corrected chi connectivity index (χ1v) is 13.4. The van der Waals surface area contributed by atoms with Gasteiger partial charge in [0.25, 0.3) is 5.91 Å². The van der Waals surface area contributed by atoms with Gasteiger partial charge in [-0.05, 0) is 69.5 Å². The van der Waals surface area contributed by atoms with Gasteiger partial charge in [-0.2, -0.15) is 0 Å². The maximum absolute atomic E-state index is 13.4. The van der Waals surface area contributed by atoms with E-state index in [2.05, 4.69) is 42.1 Å². The number of nitrogens with one attached hydrogen (secondary N) is 1. The van der Waals surface area contributed by atoms with Gasteiger partial charge in [-0.3, -0.25) is 9.69 Å². The first-order valence-electron chi connectivity index (χ1n) is 12.0. The van der Waals surface area contributed by atoms with Crippen molar-refractivity contribution in [2.75, 3.05) is 39.1 Å². The van der Waals surface area contributed by atoms with E-state index in [1.165, 1.54) is 36.5 Å². The Morgan fingerprint density at radius 3 is 2.26 bits per heavy atom. The zero-order valence-electron chi connectivity index (χ0n) is 21.0. The fraction of sp³-hybridized carbons (Fsp3) is 0.500. The van der Waals surface area contributed by atoms with Crippen LogP contribution in [0.15, 0.2) is 47.4 Å². The largest absolute Gasteiger partial charge is 0.371 e. The Balaban J connectivity index is 1.88. The molecule has 7 nitrogen and oxygen atoms in total. The van der Waals surface area contributed by atoms with Gasteiger partial charge in [-0.1, -0.05) is 24.3 Å². The number of carbonyl (C=O) groups excluding carboxylic acids is 1. The quantitative estimate of drug-likeness (QED) is 0.585. The molecule has 1 heterocycles. The van der Waals surface area contributed by atoms with Crippen molar-refractivity contribution in [2.45, 2.75) is 57.1 Å². The molecule has 0 radical (unpaired) electrons. The second-order valence-electron chi connectivity index (χ2n) is 9.47. The minimum absolute atomic E-state index is 0.127. The third-order valence-electron chi connectivity index (χ3n) is 6.55. The number of sulfonamides is 1. The van der Waals surface area contributed by atoms with E-state index in [0.29, 0.717) is 18.2 Å². The predicted molar refractivity (Wildman–Crippen MR) is 138 cm³/mol. The monoisotopic (exact) mass is 486 g/mol. The van der Waals surface area contributed by atoms with Gasteiger partial charge < -0.3 is 10.2 Å². The molecule has 3 rings (SSSR count). The molecule has 186 valence electrons. The van der Waals surface area contributed by atoms with E-state index < -0.39 is 10.0 Å². The first kappa shape index (κ1) is 26.2. The number of nitrogens with zero attached hydrogens (tertiary/aromatic N) is 3. The summed E-state index contributed by atoms with van der Waals surface area (Å²) in [4.78, 5) is 18.0. The third kappa shape index (κ3) is 6.17. The second-order valence-corrected chi connectivity index (χ2v) is 11.6. The Kier molecular flexibility index (Phi) is 8.73.